The summed E-state index contributed by atoms with van der Waals surface area (Å²) in [5.41, 5.74) is 1.04. The van der Waals surface area contributed by atoms with Crippen LogP contribution in [0, 0.1) is 6.92 Å². The lowest BCUT2D eigenvalue weighted by molar-refractivity contribution is -0.138. The molecule has 1 aromatic heterocycles. The minimum absolute atomic E-state index is 0.0694. The number of imide groups is 1. The van der Waals surface area contributed by atoms with Gasteiger partial charge in [0, 0.05) is 15.2 Å². The summed E-state index contributed by atoms with van der Waals surface area (Å²) >= 11 is 3.45. The normalized spacial score (nSPS) is 14.3. The number of nitrogens with one attached hydrogen (secondary N) is 1. The van der Waals surface area contributed by atoms with Gasteiger partial charge < -0.3 is 5.32 Å². The Kier molecular flexibility index (Phi) is 6.23. The molecule has 0 saturated heterocycles. The molecule has 2 heterocycles. The fourth-order valence-electron chi connectivity index (χ4n) is 4.65. The van der Waals surface area contributed by atoms with E-state index in [0.717, 1.165) is 15.4 Å². The molecule has 2 amide bonds. The summed E-state index contributed by atoms with van der Waals surface area (Å²) < 4.78 is 41.0. The summed E-state index contributed by atoms with van der Waals surface area (Å²) in [5, 5.41) is 13.1. The molecule has 0 bridgehead atoms. The van der Waals surface area contributed by atoms with Crippen LogP contribution < -0.4 is 5.32 Å². The summed E-state index contributed by atoms with van der Waals surface area (Å²) in [7, 11) is 0. The fraction of sp³-hybridized carbons (Fsp3) is 0.185. The first-order valence-electron chi connectivity index (χ1n) is 11.4. The van der Waals surface area contributed by atoms with Gasteiger partial charge in [0.25, 0.3) is 11.8 Å². The Morgan fingerprint density at radius 1 is 0.946 bits per heavy atom. The van der Waals surface area contributed by atoms with E-state index in [1.807, 2.05) is 6.07 Å². The molecular formula is C27H20BrF3N4O2. The first-order valence-corrected chi connectivity index (χ1v) is 12.2. The van der Waals surface area contributed by atoms with Crippen molar-refractivity contribution in [3.8, 4) is 0 Å². The molecule has 1 aliphatic heterocycles. The molecule has 1 atom stereocenters. The zero-order valence-corrected chi connectivity index (χ0v) is 21.3. The molecule has 0 unspecified atom stereocenters. The van der Waals surface area contributed by atoms with Gasteiger partial charge in [0.2, 0.25) is 0 Å². The Hall–Kier alpha value is -3.79. The SMILES string of the molecule is Cc1c([C@@H](C)Nc2nnc(CN3C(=O)c4ccccc4C3=O)c3ccc(Br)cc23)cccc1C(F)(F)F. The lowest BCUT2D eigenvalue weighted by Gasteiger charge is -2.21. The van der Waals surface area contributed by atoms with E-state index >= 15 is 0 Å². The molecule has 0 spiro atoms. The summed E-state index contributed by atoms with van der Waals surface area (Å²) in [6.45, 7) is 3.13. The maximum Gasteiger partial charge on any atom is 0.416 e. The number of alkyl halides is 3. The van der Waals surface area contributed by atoms with Gasteiger partial charge in [-0.2, -0.15) is 18.3 Å². The highest BCUT2D eigenvalue weighted by Gasteiger charge is 2.36. The predicted molar refractivity (Wildman–Crippen MR) is 136 cm³/mol. The van der Waals surface area contributed by atoms with Gasteiger partial charge in [0.1, 0.15) is 0 Å². The average molecular weight is 569 g/mol. The molecule has 1 aliphatic rings. The molecule has 0 saturated carbocycles. The molecule has 5 rings (SSSR count). The van der Waals surface area contributed by atoms with Crippen LogP contribution in [0.15, 0.2) is 65.1 Å². The van der Waals surface area contributed by atoms with Crippen molar-refractivity contribution in [3.05, 3.63) is 98.6 Å². The van der Waals surface area contributed by atoms with E-state index in [4.69, 9.17) is 0 Å². The van der Waals surface area contributed by atoms with Gasteiger partial charge in [0.05, 0.1) is 35.0 Å². The molecule has 4 aromatic rings. The van der Waals surface area contributed by atoms with E-state index in [2.05, 4.69) is 31.4 Å². The topological polar surface area (TPSA) is 75.2 Å². The number of benzene rings is 3. The molecule has 37 heavy (non-hydrogen) atoms. The van der Waals surface area contributed by atoms with Crippen molar-refractivity contribution in [1.82, 2.24) is 15.1 Å². The van der Waals surface area contributed by atoms with E-state index in [1.165, 1.54) is 13.0 Å². The number of aromatic nitrogens is 2. The van der Waals surface area contributed by atoms with E-state index in [1.54, 1.807) is 49.4 Å². The van der Waals surface area contributed by atoms with Crippen molar-refractivity contribution in [1.29, 1.82) is 0 Å². The summed E-state index contributed by atoms with van der Waals surface area (Å²) in [5.74, 6) is -0.432. The van der Waals surface area contributed by atoms with Crippen molar-refractivity contribution < 1.29 is 22.8 Å². The number of fused-ring (bicyclic) bond motifs is 2. The number of carbonyl (C=O) groups is 2. The van der Waals surface area contributed by atoms with Gasteiger partial charge >= 0.3 is 6.18 Å². The van der Waals surface area contributed by atoms with Crippen LogP contribution >= 0.6 is 15.9 Å². The first kappa shape index (κ1) is 24.9. The zero-order chi connectivity index (χ0) is 26.5. The van der Waals surface area contributed by atoms with Gasteiger partial charge in [0.15, 0.2) is 5.82 Å². The molecule has 3 aromatic carbocycles. The van der Waals surface area contributed by atoms with Crippen molar-refractivity contribution in [2.45, 2.75) is 32.6 Å². The van der Waals surface area contributed by atoms with E-state index < -0.39 is 29.6 Å². The highest BCUT2D eigenvalue weighted by molar-refractivity contribution is 9.10. The number of anilines is 1. The van der Waals surface area contributed by atoms with Crippen molar-refractivity contribution in [2.24, 2.45) is 0 Å². The minimum Gasteiger partial charge on any atom is -0.362 e. The van der Waals surface area contributed by atoms with Crippen LogP contribution in [0.3, 0.4) is 0 Å². The van der Waals surface area contributed by atoms with Crippen LogP contribution in [0.25, 0.3) is 10.8 Å². The second kappa shape index (κ2) is 9.26. The number of nitrogens with zero attached hydrogens (tertiary/aromatic N) is 3. The van der Waals surface area contributed by atoms with Crippen molar-refractivity contribution in [3.63, 3.8) is 0 Å². The van der Waals surface area contributed by atoms with Crippen molar-refractivity contribution in [2.75, 3.05) is 5.32 Å². The molecule has 188 valence electrons. The Bertz CT molecular complexity index is 1540. The quantitative estimate of drug-likeness (QED) is 0.271. The zero-order valence-electron chi connectivity index (χ0n) is 19.7. The summed E-state index contributed by atoms with van der Waals surface area (Å²) in [6.07, 6.45) is -4.46. The highest BCUT2D eigenvalue weighted by Crippen LogP contribution is 2.36. The number of amides is 2. The van der Waals surface area contributed by atoms with Crippen molar-refractivity contribution >= 4 is 44.3 Å². The molecule has 0 radical (unpaired) electrons. The van der Waals surface area contributed by atoms with E-state index in [9.17, 15) is 22.8 Å². The molecule has 10 heteroatoms. The van der Waals surface area contributed by atoms with E-state index in [-0.39, 0.29) is 12.1 Å². The maximum absolute atomic E-state index is 13.4. The Morgan fingerprint density at radius 3 is 2.27 bits per heavy atom. The first-order chi connectivity index (χ1) is 17.6. The predicted octanol–water partition coefficient (Wildman–Crippen LogP) is 6.69. The maximum atomic E-state index is 13.4. The standard InChI is InChI=1S/C27H20BrF3N4O2/c1-14-17(8-5-9-22(14)27(29,30)31)15(2)32-24-21-12-16(28)10-11-18(21)23(33-34-24)13-35-25(36)19-6-3-4-7-20(19)26(35)37/h3-12,15H,13H2,1-2H3,(H,32,34)/t15-/m1/s1. The summed E-state index contributed by atoms with van der Waals surface area (Å²) in [6, 6.07) is 15.6. The second-order valence-electron chi connectivity index (χ2n) is 8.81. The van der Waals surface area contributed by atoms with Crippen LogP contribution in [-0.4, -0.2) is 26.9 Å². The van der Waals surface area contributed by atoms with Gasteiger partial charge in [-0.15, -0.1) is 5.10 Å². The van der Waals surface area contributed by atoms with Crippen LogP contribution in [-0.2, 0) is 12.7 Å². The molecule has 0 aliphatic carbocycles. The second-order valence-corrected chi connectivity index (χ2v) is 9.73. The Balaban J connectivity index is 1.49. The molecular weight excluding hydrogens is 549 g/mol. The third kappa shape index (κ3) is 4.46. The number of hydrogen-bond acceptors (Lipinski definition) is 5. The van der Waals surface area contributed by atoms with Crippen LogP contribution in [0.5, 0.6) is 0 Å². The fourth-order valence-corrected chi connectivity index (χ4v) is 5.01. The number of carbonyl (C=O) groups excluding carboxylic acids is 2. The third-order valence-electron chi connectivity index (χ3n) is 6.51. The lowest BCUT2D eigenvalue weighted by Crippen LogP contribution is -2.29. The van der Waals surface area contributed by atoms with Gasteiger partial charge in [-0.05, 0) is 55.3 Å². The number of rotatable bonds is 5. The Morgan fingerprint density at radius 2 is 1.62 bits per heavy atom. The van der Waals surface area contributed by atoms with Gasteiger partial charge in [-0.3, -0.25) is 14.5 Å². The largest absolute Gasteiger partial charge is 0.416 e. The Labute approximate surface area is 218 Å². The number of halogens is 4. The lowest BCUT2D eigenvalue weighted by atomic mass is 9.97. The monoisotopic (exact) mass is 568 g/mol. The minimum atomic E-state index is -4.46. The van der Waals surface area contributed by atoms with Crippen LogP contribution in [0.1, 0.15) is 56.1 Å². The molecule has 6 nitrogen and oxygen atoms in total. The van der Waals surface area contributed by atoms with Crippen LogP contribution in [0.2, 0.25) is 0 Å². The summed E-state index contributed by atoms with van der Waals surface area (Å²) in [4.78, 5) is 26.9. The van der Waals surface area contributed by atoms with Gasteiger partial charge in [-0.1, -0.05) is 46.3 Å². The van der Waals surface area contributed by atoms with Gasteiger partial charge in [-0.25, -0.2) is 0 Å². The van der Waals surface area contributed by atoms with Crippen LogP contribution in [0.4, 0.5) is 19.0 Å². The molecule has 0 fully saturated rings. The van der Waals surface area contributed by atoms with E-state index in [0.29, 0.717) is 39.0 Å². The third-order valence-corrected chi connectivity index (χ3v) is 7.00. The smallest absolute Gasteiger partial charge is 0.362 e. The highest BCUT2D eigenvalue weighted by atomic mass is 79.9. The number of hydrogen-bond donors (Lipinski definition) is 1. The average Bonchev–Trinajstić information content (AvgIpc) is 3.09. The molecule has 1 N–H and O–H groups in total.